The summed E-state index contributed by atoms with van der Waals surface area (Å²) in [7, 11) is 0.0220. The molecule has 158 valence electrons. The Bertz CT molecular complexity index is 900. The average Bonchev–Trinajstić information content (AvgIpc) is 2.74. The van der Waals surface area contributed by atoms with Gasteiger partial charge in [-0.1, -0.05) is 39.4 Å². The highest BCUT2D eigenvalue weighted by molar-refractivity contribution is 7.50. The van der Waals surface area contributed by atoms with Crippen molar-refractivity contribution >= 4 is 32.5 Å². The van der Waals surface area contributed by atoms with Gasteiger partial charge in [0.05, 0.1) is 0 Å². The monoisotopic (exact) mass is 428 g/mol. The second kappa shape index (κ2) is 12.7. The van der Waals surface area contributed by atoms with Gasteiger partial charge in [0.1, 0.15) is 12.0 Å². The van der Waals surface area contributed by atoms with Crippen molar-refractivity contribution in [3.63, 3.8) is 0 Å². The summed E-state index contributed by atoms with van der Waals surface area (Å²) in [4.78, 5) is 7.81. The van der Waals surface area contributed by atoms with Crippen LogP contribution in [0.1, 0.15) is 18.4 Å². The van der Waals surface area contributed by atoms with Crippen molar-refractivity contribution in [1.29, 1.82) is 0 Å². The average molecular weight is 428 g/mol. The van der Waals surface area contributed by atoms with Gasteiger partial charge in [-0.3, -0.25) is 9.98 Å². The molecule has 0 amide bonds. The summed E-state index contributed by atoms with van der Waals surface area (Å²) in [5.41, 5.74) is 8.77. The maximum Gasteiger partial charge on any atom is 0.131 e. The summed E-state index contributed by atoms with van der Waals surface area (Å²) in [6.07, 6.45) is 10.0. The van der Waals surface area contributed by atoms with Crippen molar-refractivity contribution in [3.05, 3.63) is 83.7 Å². The first-order valence-corrected chi connectivity index (χ1v) is 10.7. The number of hydrogen-bond donors (Lipinski definition) is 2. The zero-order valence-corrected chi connectivity index (χ0v) is 17.8. The van der Waals surface area contributed by atoms with E-state index in [0.29, 0.717) is 36.2 Å². The highest BCUT2D eigenvalue weighted by Crippen LogP contribution is 2.25. The lowest BCUT2D eigenvalue weighted by Gasteiger charge is -2.14. The minimum absolute atomic E-state index is 0.0220. The van der Waals surface area contributed by atoms with E-state index in [1.807, 2.05) is 6.07 Å². The number of nitrogens with one attached hydrogen (secondary N) is 1. The second-order valence-electron chi connectivity index (χ2n) is 6.51. The molecule has 7 heteroatoms. The Balaban J connectivity index is 1.96. The number of hydrogen-bond acceptors (Lipinski definition) is 4. The molecule has 0 aromatic heterocycles. The van der Waals surface area contributed by atoms with Crippen LogP contribution in [0.4, 0.5) is 8.78 Å². The molecule has 1 aromatic rings. The Labute approximate surface area is 178 Å². The molecule has 1 aromatic carbocycles. The molecule has 2 atom stereocenters. The van der Waals surface area contributed by atoms with Crippen LogP contribution in [0.15, 0.2) is 82.4 Å². The third-order valence-corrected chi connectivity index (χ3v) is 5.53. The molecule has 2 rings (SSSR count). The number of benzene rings is 1. The molecule has 0 aliphatic heterocycles. The molecule has 0 spiro atoms. The molecule has 2 unspecified atom stereocenters. The normalized spacial score (nSPS) is 17.2. The van der Waals surface area contributed by atoms with Crippen molar-refractivity contribution in [2.45, 2.75) is 19.0 Å². The fourth-order valence-corrected chi connectivity index (χ4v) is 3.78. The molecule has 0 saturated heterocycles. The lowest BCUT2D eigenvalue weighted by atomic mass is 10.0. The summed E-state index contributed by atoms with van der Waals surface area (Å²) in [5.74, 6) is 1.48. The van der Waals surface area contributed by atoms with Gasteiger partial charge in [-0.25, -0.2) is 8.78 Å². The van der Waals surface area contributed by atoms with Gasteiger partial charge < -0.3 is 11.1 Å². The highest BCUT2D eigenvalue weighted by Gasteiger charge is 2.12. The summed E-state index contributed by atoms with van der Waals surface area (Å²) in [5, 5.41) is 3.77. The third-order valence-electron chi connectivity index (χ3n) is 4.28. The topological polar surface area (TPSA) is 62.8 Å². The van der Waals surface area contributed by atoms with Gasteiger partial charge in [-0.05, 0) is 42.7 Å². The first-order chi connectivity index (χ1) is 14.5. The standard InChI is InChI=1S/C23H27F2N4P/c1-17(29-15-5-14-28-13-4-12-27-2)20-6-3-7-21(25)23(20)30-16-22(26)18-8-10-19(24)11-9-18/h3-4,6-10,12-13,16,19,29-30H,1-2,5,11,14-15,26H2/b12-4-,22-16-,28-13?. The zero-order valence-electron chi connectivity index (χ0n) is 16.8. The molecule has 0 radical (unpaired) electrons. The van der Waals surface area contributed by atoms with Crippen LogP contribution >= 0.6 is 8.58 Å². The predicted molar refractivity (Wildman–Crippen MR) is 127 cm³/mol. The summed E-state index contributed by atoms with van der Waals surface area (Å²) < 4.78 is 27.7. The second-order valence-corrected chi connectivity index (χ2v) is 7.59. The minimum Gasteiger partial charge on any atom is -0.398 e. The lowest BCUT2D eigenvalue weighted by molar-refractivity contribution is 0.401. The van der Waals surface area contributed by atoms with Crippen molar-refractivity contribution in [2.24, 2.45) is 15.7 Å². The maximum absolute atomic E-state index is 14.5. The molecule has 3 N–H and O–H groups in total. The molecule has 0 heterocycles. The van der Waals surface area contributed by atoms with Crippen molar-refractivity contribution in [2.75, 3.05) is 13.1 Å². The van der Waals surface area contributed by atoms with Crippen LogP contribution in [0.3, 0.4) is 0 Å². The van der Waals surface area contributed by atoms with Gasteiger partial charge in [0.25, 0.3) is 0 Å². The first-order valence-electron chi connectivity index (χ1n) is 9.60. The largest absolute Gasteiger partial charge is 0.398 e. The van der Waals surface area contributed by atoms with Crippen LogP contribution in [0.5, 0.6) is 0 Å². The Kier molecular flexibility index (Phi) is 9.88. The van der Waals surface area contributed by atoms with Crippen LogP contribution < -0.4 is 16.4 Å². The van der Waals surface area contributed by atoms with E-state index in [4.69, 9.17) is 5.73 Å². The van der Waals surface area contributed by atoms with Crippen molar-refractivity contribution in [3.8, 4) is 0 Å². The predicted octanol–water partition coefficient (Wildman–Crippen LogP) is 4.39. The summed E-state index contributed by atoms with van der Waals surface area (Å²) in [6.45, 7) is 8.72. The van der Waals surface area contributed by atoms with Gasteiger partial charge in [-0.15, -0.1) is 0 Å². The van der Waals surface area contributed by atoms with Crippen LogP contribution in [-0.2, 0) is 0 Å². The van der Waals surface area contributed by atoms with Gasteiger partial charge in [-0.2, -0.15) is 0 Å². The molecule has 0 saturated carbocycles. The third kappa shape index (κ3) is 7.53. The number of halogens is 2. The number of rotatable bonds is 11. The number of nitrogens with two attached hydrogens (primary N) is 1. The number of nitrogens with zero attached hydrogens (tertiary/aromatic N) is 2. The number of aliphatic imine (C=N–C) groups is 2. The van der Waals surface area contributed by atoms with Gasteiger partial charge >= 0.3 is 0 Å². The molecule has 1 aliphatic carbocycles. The lowest BCUT2D eigenvalue weighted by Crippen LogP contribution is -2.19. The van der Waals surface area contributed by atoms with Gasteiger partial charge in [0, 0.05) is 54.2 Å². The molecular weight excluding hydrogens is 401 g/mol. The van der Waals surface area contributed by atoms with Crippen LogP contribution in [-0.4, -0.2) is 32.2 Å². The zero-order chi connectivity index (χ0) is 21.8. The Hall–Kier alpha value is -2.85. The Morgan fingerprint density at radius 2 is 2.23 bits per heavy atom. The smallest absolute Gasteiger partial charge is 0.131 e. The molecular formula is C23H27F2N4P. The quantitative estimate of drug-likeness (QED) is 0.312. The van der Waals surface area contributed by atoms with E-state index < -0.39 is 6.17 Å². The van der Waals surface area contributed by atoms with Crippen molar-refractivity contribution < 1.29 is 8.78 Å². The Morgan fingerprint density at radius 1 is 1.40 bits per heavy atom. The number of alkyl halides is 1. The van der Waals surface area contributed by atoms with Crippen LogP contribution in [0.25, 0.3) is 5.70 Å². The molecule has 4 nitrogen and oxygen atoms in total. The van der Waals surface area contributed by atoms with E-state index in [2.05, 4.69) is 28.6 Å². The van der Waals surface area contributed by atoms with Gasteiger partial charge in [0.15, 0.2) is 0 Å². The Morgan fingerprint density at radius 3 is 2.97 bits per heavy atom. The summed E-state index contributed by atoms with van der Waals surface area (Å²) in [6, 6.07) is 4.93. The van der Waals surface area contributed by atoms with E-state index in [0.717, 1.165) is 17.6 Å². The first kappa shape index (κ1) is 23.4. The molecule has 30 heavy (non-hydrogen) atoms. The van der Waals surface area contributed by atoms with E-state index in [-0.39, 0.29) is 14.4 Å². The number of allylic oxidation sites excluding steroid dienone is 4. The summed E-state index contributed by atoms with van der Waals surface area (Å²) >= 11 is 0. The van der Waals surface area contributed by atoms with E-state index in [9.17, 15) is 8.78 Å². The van der Waals surface area contributed by atoms with Crippen molar-refractivity contribution in [1.82, 2.24) is 5.32 Å². The molecule has 0 fully saturated rings. The van der Waals surface area contributed by atoms with E-state index in [1.54, 1.807) is 42.5 Å². The van der Waals surface area contributed by atoms with E-state index >= 15 is 0 Å². The van der Waals surface area contributed by atoms with Gasteiger partial charge in [0.2, 0.25) is 0 Å². The fourth-order valence-electron chi connectivity index (χ4n) is 2.70. The highest BCUT2D eigenvalue weighted by atomic mass is 31.1. The molecule has 0 bridgehead atoms. The maximum atomic E-state index is 14.5. The SMILES string of the molecule is C=N/C=C\C=NCCCNC(=C)c1cccc(F)c1P/C=C(\N)C1=CCC(F)C=C1. The molecule has 1 aliphatic rings. The minimum atomic E-state index is -0.970. The van der Waals surface area contributed by atoms with E-state index in [1.165, 1.54) is 12.1 Å². The fraction of sp³-hybridized carbons (Fsp3) is 0.217. The van der Waals surface area contributed by atoms with Crippen LogP contribution in [0.2, 0.25) is 0 Å². The van der Waals surface area contributed by atoms with Crippen LogP contribution in [0, 0.1) is 5.82 Å².